The summed E-state index contributed by atoms with van der Waals surface area (Å²) in [6.07, 6.45) is 1.99. The standard InChI is InChI=1S/C25H21N3O4S/c1-16(26-31-17(2)29)19-10-12-20(13-11-19)28-15-22(21-7-4-5-8-23(21)28)25(27-32-18(3)30)24-9-6-14-33-24/h4-15H,1-3H3/b26-16+,27-25-. The van der Waals surface area contributed by atoms with Crippen LogP contribution in [0.5, 0.6) is 0 Å². The third kappa shape index (κ3) is 4.91. The van der Waals surface area contributed by atoms with Crippen molar-refractivity contribution in [3.63, 3.8) is 0 Å². The van der Waals surface area contributed by atoms with Gasteiger partial charge in [0.1, 0.15) is 5.71 Å². The van der Waals surface area contributed by atoms with Crippen LogP contribution in [-0.4, -0.2) is 27.9 Å². The van der Waals surface area contributed by atoms with Crippen molar-refractivity contribution in [3.05, 3.63) is 88.2 Å². The number of carbonyl (C=O) groups excluding carboxylic acids is 2. The Labute approximate surface area is 194 Å². The smallest absolute Gasteiger partial charge is 0.318 e. The van der Waals surface area contributed by atoms with Crippen molar-refractivity contribution in [2.75, 3.05) is 0 Å². The minimum absolute atomic E-state index is 0.464. The Morgan fingerprint density at radius 1 is 0.848 bits per heavy atom. The maximum atomic E-state index is 11.4. The molecule has 33 heavy (non-hydrogen) atoms. The Hall–Kier alpha value is -4.04. The van der Waals surface area contributed by atoms with E-state index in [4.69, 9.17) is 9.68 Å². The predicted molar refractivity (Wildman–Crippen MR) is 129 cm³/mol. The monoisotopic (exact) mass is 459 g/mol. The van der Waals surface area contributed by atoms with Gasteiger partial charge in [-0.1, -0.05) is 46.7 Å². The highest BCUT2D eigenvalue weighted by Crippen LogP contribution is 2.29. The summed E-state index contributed by atoms with van der Waals surface area (Å²) >= 11 is 1.52. The lowest BCUT2D eigenvalue weighted by Gasteiger charge is -2.07. The van der Waals surface area contributed by atoms with E-state index in [1.54, 1.807) is 6.92 Å². The van der Waals surface area contributed by atoms with Crippen molar-refractivity contribution in [1.82, 2.24) is 4.57 Å². The first-order valence-electron chi connectivity index (χ1n) is 10.2. The zero-order valence-corrected chi connectivity index (χ0v) is 19.1. The Balaban J connectivity index is 1.79. The molecule has 166 valence electrons. The zero-order valence-electron chi connectivity index (χ0n) is 18.3. The Morgan fingerprint density at radius 3 is 2.21 bits per heavy atom. The molecule has 0 aliphatic rings. The topological polar surface area (TPSA) is 82.2 Å². The van der Waals surface area contributed by atoms with E-state index in [1.807, 2.05) is 72.2 Å². The minimum Gasteiger partial charge on any atom is -0.318 e. The van der Waals surface area contributed by atoms with Crippen LogP contribution in [0.4, 0.5) is 0 Å². The second-order valence-electron chi connectivity index (χ2n) is 7.24. The summed E-state index contributed by atoms with van der Waals surface area (Å²) in [5.41, 5.74) is 4.80. The van der Waals surface area contributed by atoms with Gasteiger partial charge in [0.15, 0.2) is 0 Å². The molecule has 0 spiro atoms. The van der Waals surface area contributed by atoms with Gasteiger partial charge in [0.2, 0.25) is 0 Å². The zero-order chi connectivity index (χ0) is 23.4. The number of para-hydroxylation sites is 1. The van der Waals surface area contributed by atoms with Gasteiger partial charge in [-0.3, -0.25) is 0 Å². The van der Waals surface area contributed by atoms with Crippen molar-refractivity contribution in [3.8, 4) is 5.69 Å². The van der Waals surface area contributed by atoms with Crippen LogP contribution in [0.2, 0.25) is 0 Å². The van der Waals surface area contributed by atoms with Gasteiger partial charge >= 0.3 is 11.9 Å². The fourth-order valence-corrected chi connectivity index (χ4v) is 4.10. The van der Waals surface area contributed by atoms with E-state index in [-0.39, 0.29) is 0 Å². The van der Waals surface area contributed by atoms with Gasteiger partial charge in [0.25, 0.3) is 0 Å². The minimum atomic E-state index is -0.478. The number of rotatable bonds is 6. The van der Waals surface area contributed by atoms with Gasteiger partial charge in [-0.15, -0.1) is 11.3 Å². The number of nitrogens with zero attached hydrogens (tertiary/aromatic N) is 3. The summed E-state index contributed by atoms with van der Waals surface area (Å²) in [6.45, 7) is 4.41. The average molecular weight is 460 g/mol. The van der Waals surface area contributed by atoms with E-state index >= 15 is 0 Å². The molecule has 0 aliphatic heterocycles. The van der Waals surface area contributed by atoms with Gasteiger partial charge in [0, 0.05) is 36.7 Å². The molecule has 7 nitrogen and oxygen atoms in total. The summed E-state index contributed by atoms with van der Waals surface area (Å²) in [7, 11) is 0. The molecule has 0 N–H and O–H groups in total. The summed E-state index contributed by atoms with van der Waals surface area (Å²) in [5.74, 6) is -0.941. The van der Waals surface area contributed by atoms with E-state index < -0.39 is 11.9 Å². The van der Waals surface area contributed by atoms with Gasteiger partial charge in [-0.2, -0.15) is 0 Å². The molecule has 0 bridgehead atoms. The first kappa shape index (κ1) is 22.2. The highest BCUT2D eigenvalue weighted by Gasteiger charge is 2.18. The molecule has 2 aromatic carbocycles. The van der Waals surface area contributed by atoms with Crippen molar-refractivity contribution in [1.29, 1.82) is 0 Å². The summed E-state index contributed by atoms with van der Waals surface area (Å²) in [6, 6.07) is 19.6. The highest BCUT2D eigenvalue weighted by molar-refractivity contribution is 7.12. The van der Waals surface area contributed by atoms with Crippen LogP contribution in [0.3, 0.4) is 0 Å². The van der Waals surface area contributed by atoms with E-state index in [0.717, 1.165) is 32.6 Å². The number of fused-ring (bicyclic) bond motifs is 1. The van der Waals surface area contributed by atoms with Crippen LogP contribution in [0, 0.1) is 0 Å². The number of carbonyl (C=O) groups is 2. The first-order chi connectivity index (χ1) is 15.9. The number of oxime groups is 2. The SMILES string of the molecule is CC(=O)O/N=C(\c1cccs1)c1cn(-c2ccc(/C(C)=N/OC(C)=O)cc2)c2ccccc12. The van der Waals surface area contributed by atoms with Gasteiger partial charge < -0.3 is 14.2 Å². The van der Waals surface area contributed by atoms with E-state index in [1.165, 1.54) is 25.2 Å². The van der Waals surface area contributed by atoms with Crippen molar-refractivity contribution in [2.24, 2.45) is 10.3 Å². The second-order valence-corrected chi connectivity index (χ2v) is 8.18. The second kappa shape index (κ2) is 9.62. The maximum Gasteiger partial charge on any atom is 0.332 e. The number of benzene rings is 2. The molecule has 0 radical (unpaired) electrons. The van der Waals surface area contributed by atoms with Crippen LogP contribution in [0.1, 0.15) is 36.8 Å². The molecule has 2 aromatic heterocycles. The van der Waals surface area contributed by atoms with E-state index in [9.17, 15) is 9.59 Å². The molecule has 0 atom stereocenters. The molecular weight excluding hydrogens is 438 g/mol. The van der Waals surface area contributed by atoms with Gasteiger partial charge in [0.05, 0.1) is 16.1 Å². The lowest BCUT2D eigenvalue weighted by atomic mass is 10.1. The lowest BCUT2D eigenvalue weighted by Crippen LogP contribution is -2.04. The summed E-state index contributed by atoms with van der Waals surface area (Å²) in [4.78, 5) is 33.1. The van der Waals surface area contributed by atoms with E-state index in [2.05, 4.69) is 14.9 Å². The molecule has 4 rings (SSSR count). The van der Waals surface area contributed by atoms with Crippen molar-refractivity contribution >= 4 is 45.6 Å². The van der Waals surface area contributed by atoms with Crippen LogP contribution in [-0.2, 0) is 19.3 Å². The van der Waals surface area contributed by atoms with Crippen molar-refractivity contribution < 1.29 is 19.3 Å². The predicted octanol–water partition coefficient (Wildman–Crippen LogP) is 5.29. The summed E-state index contributed by atoms with van der Waals surface area (Å²) in [5, 5.41) is 10.9. The first-order valence-corrected chi connectivity index (χ1v) is 11.0. The van der Waals surface area contributed by atoms with Gasteiger partial charge in [-0.25, -0.2) is 9.59 Å². The molecule has 8 heteroatoms. The fraction of sp³-hybridized carbons (Fsp3) is 0.120. The molecule has 0 fully saturated rings. The number of hydrogen-bond acceptors (Lipinski definition) is 7. The largest absolute Gasteiger partial charge is 0.332 e. The third-order valence-corrected chi connectivity index (χ3v) is 5.74. The molecule has 0 amide bonds. The van der Waals surface area contributed by atoms with Gasteiger partial charge in [-0.05, 0) is 42.1 Å². The highest BCUT2D eigenvalue weighted by atomic mass is 32.1. The molecular formula is C25H21N3O4S. The average Bonchev–Trinajstić information content (AvgIpc) is 3.47. The number of thiophene rings is 1. The number of hydrogen-bond donors (Lipinski definition) is 0. The normalized spacial score (nSPS) is 12.1. The Bertz CT molecular complexity index is 1370. The Morgan fingerprint density at radius 2 is 1.55 bits per heavy atom. The third-order valence-electron chi connectivity index (χ3n) is 4.86. The van der Waals surface area contributed by atoms with Crippen LogP contribution >= 0.6 is 11.3 Å². The fourth-order valence-electron chi connectivity index (χ4n) is 3.38. The van der Waals surface area contributed by atoms with Crippen LogP contribution < -0.4 is 0 Å². The van der Waals surface area contributed by atoms with Crippen molar-refractivity contribution in [2.45, 2.75) is 20.8 Å². The quantitative estimate of drug-likeness (QED) is 0.223. The Kier molecular flexibility index (Phi) is 6.46. The van der Waals surface area contributed by atoms with Crippen LogP contribution in [0.15, 0.2) is 82.6 Å². The lowest BCUT2D eigenvalue weighted by molar-refractivity contribution is -0.141. The summed E-state index contributed by atoms with van der Waals surface area (Å²) < 4.78 is 2.06. The molecule has 0 saturated heterocycles. The molecule has 0 saturated carbocycles. The molecule has 4 aromatic rings. The maximum absolute atomic E-state index is 11.4. The van der Waals surface area contributed by atoms with Crippen LogP contribution in [0.25, 0.3) is 16.6 Å². The number of aromatic nitrogens is 1. The molecule has 0 aliphatic carbocycles. The molecule has 2 heterocycles. The van der Waals surface area contributed by atoms with E-state index in [0.29, 0.717) is 11.4 Å². The molecule has 0 unspecified atom stereocenters.